The predicted octanol–water partition coefficient (Wildman–Crippen LogP) is 4.22. The molecule has 1 heterocycles. The van der Waals surface area contributed by atoms with E-state index in [1.54, 1.807) is 36.4 Å². The second-order valence-electron chi connectivity index (χ2n) is 5.91. The molecule has 6 heteroatoms. The number of aryl methyl sites for hydroxylation is 2. The summed E-state index contributed by atoms with van der Waals surface area (Å²) in [5, 5.41) is 13.5. The average molecular weight is 368 g/mol. The molecule has 1 amide bonds. The van der Waals surface area contributed by atoms with Gasteiger partial charge in [0.05, 0.1) is 16.8 Å². The van der Waals surface area contributed by atoms with Crippen molar-refractivity contribution in [3.05, 3.63) is 82.1 Å². The average Bonchev–Trinajstić information content (AvgIpc) is 2.95. The monoisotopic (exact) mass is 367 g/mol. The molecule has 0 unspecified atom stereocenters. The molecule has 0 spiro atoms. The number of amides is 1. The van der Waals surface area contributed by atoms with Gasteiger partial charge in [-0.1, -0.05) is 11.6 Å². The Labute approximate surface area is 156 Å². The van der Waals surface area contributed by atoms with E-state index in [2.05, 4.69) is 15.1 Å². The molecule has 0 bridgehead atoms. The molecule has 132 valence electrons. The van der Waals surface area contributed by atoms with Gasteiger partial charge in [0.25, 0.3) is 5.91 Å². The first kappa shape index (κ1) is 17.8. The fourth-order valence-electron chi connectivity index (χ4n) is 2.69. The number of aromatic hydroxyl groups is 1. The first-order chi connectivity index (χ1) is 12.5. The van der Waals surface area contributed by atoms with E-state index in [-0.39, 0.29) is 5.75 Å². The first-order valence-electron chi connectivity index (χ1n) is 8.03. The second kappa shape index (κ2) is 7.45. The Hall–Kier alpha value is -3.05. The Morgan fingerprint density at radius 3 is 2.35 bits per heavy atom. The molecular weight excluding hydrogens is 350 g/mol. The van der Waals surface area contributed by atoms with Gasteiger partial charge in [0, 0.05) is 17.1 Å². The van der Waals surface area contributed by atoms with Crippen LogP contribution >= 0.6 is 11.6 Å². The van der Waals surface area contributed by atoms with E-state index in [4.69, 9.17) is 11.6 Å². The van der Waals surface area contributed by atoms with E-state index < -0.39 is 5.91 Å². The topological polar surface area (TPSA) is 66.6 Å². The Morgan fingerprint density at radius 2 is 1.73 bits per heavy atom. The van der Waals surface area contributed by atoms with Gasteiger partial charge in [-0.15, -0.1) is 0 Å². The molecule has 0 saturated heterocycles. The van der Waals surface area contributed by atoms with Crippen LogP contribution in [0, 0.1) is 13.8 Å². The Bertz CT molecular complexity index is 956. The van der Waals surface area contributed by atoms with Crippen molar-refractivity contribution in [2.45, 2.75) is 13.8 Å². The van der Waals surface area contributed by atoms with Gasteiger partial charge in [-0.25, -0.2) is 5.43 Å². The van der Waals surface area contributed by atoms with E-state index in [0.717, 1.165) is 22.6 Å². The normalized spacial score (nSPS) is 11.0. The SMILES string of the molecule is Cc1ccc(C)n1-c1ccc(C(=O)N/N=C\c2ccc(O)cc2)c(Cl)c1. The van der Waals surface area contributed by atoms with Crippen molar-refractivity contribution in [2.24, 2.45) is 5.10 Å². The van der Waals surface area contributed by atoms with Crippen molar-refractivity contribution in [2.75, 3.05) is 0 Å². The maximum Gasteiger partial charge on any atom is 0.272 e. The highest BCUT2D eigenvalue weighted by molar-refractivity contribution is 6.34. The minimum absolute atomic E-state index is 0.172. The summed E-state index contributed by atoms with van der Waals surface area (Å²) in [5.41, 5.74) is 6.64. The predicted molar refractivity (Wildman–Crippen MR) is 103 cm³/mol. The summed E-state index contributed by atoms with van der Waals surface area (Å²) in [5.74, 6) is -0.219. The number of benzene rings is 2. The third kappa shape index (κ3) is 3.78. The number of phenols is 1. The van der Waals surface area contributed by atoms with E-state index >= 15 is 0 Å². The fraction of sp³-hybridized carbons (Fsp3) is 0.100. The lowest BCUT2D eigenvalue weighted by Crippen LogP contribution is -2.18. The van der Waals surface area contributed by atoms with Crippen LogP contribution in [0.5, 0.6) is 5.75 Å². The molecule has 0 radical (unpaired) electrons. The molecule has 0 atom stereocenters. The van der Waals surface area contributed by atoms with Gasteiger partial charge < -0.3 is 9.67 Å². The third-order valence-corrected chi connectivity index (χ3v) is 4.31. The molecule has 0 aliphatic heterocycles. The Balaban J connectivity index is 1.75. The largest absolute Gasteiger partial charge is 0.508 e. The first-order valence-corrected chi connectivity index (χ1v) is 8.41. The van der Waals surface area contributed by atoms with Gasteiger partial charge in [0.1, 0.15) is 5.75 Å². The maximum absolute atomic E-state index is 12.3. The number of hydrogen-bond acceptors (Lipinski definition) is 3. The number of hydrogen-bond donors (Lipinski definition) is 2. The molecular formula is C20H18ClN3O2. The quantitative estimate of drug-likeness (QED) is 0.535. The van der Waals surface area contributed by atoms with Crippen molar-refractivity contribution in [1.29, 1.82) is 0 Å². The zero-order chi connectivity index (χ0) is 18.7. The van der Waals surface area contributed by atoms with Crippen LogP contribution in [0.25, 0.3) is 5.69 Å². The van der Waals surface area contributed by atoms with Crippen LogP contribution in [0.2, 0.25) is 5.02 Å². The minimum Gasteiger partial charge on any atom is -0.508 e. The van der Waals surface area contributed by atoms with Gasteiger partial charge in [-0.3, -0.25) is 4.79 Å². The van der Waals surface area contributed by atoms with Crippen molar-refractivity contribution in [1.82, 2.24) is 9.99 Å². The van der Waals surface area contributed by atoms with Crippen molar-refractivity contribution in [3.8, 4) is 11.4 Å². The van der Waals surface area contributed by atoms with Gasteiger partial charge in [0.2, 0.25) is 0 Å². The second-order valence-corrected chi connectivity index (χ2v) is 6.31. The molecule has 1 aromatic heterocycles. The molecule has 0 aliphatic rings. The number of phenolic OH excluding ortho intramolecular Hbond substituents is 1. The van der Waals surface area contributed by atoms with E-state index in [9.17, 15) is 9.90 Å². The lowest BCUT2D eigenvalue weighted by molar-refractivity contribution is 0.0955. The minimum atomic E-state index is -0.391. The highest BCUT2D eigenvalue weighted by Crippen LogP contribution is 2.23. The van der Waals surface area contributed by atoms with Crippen LogP contribution in [0.3, 0.4) is 0 Å². The number of rotatable bonds is 4. The number of halogens is 1. The third-order valence-electron chi connectivity index (χ3n) is 4.00. The standard InChI is InChI=1S/C20H18ClN3O2/c1-13-3-4-14(2)24(13)16-7-10-18(19(21)11-16)20(26)23-22-12-15-5-8-17(25)9-6-15/h3-12,25H,1-2H3,(H,23,26)/b22-12-. The van der Waals surface area contributed by atoms with E-state index in [1.165, 1.54) is 6.21 Å². The number of nitrogens with zero attached hydrogens (tertiary/aromatic N) is 2. The number of aromatic nitrogens is 1. The van der Waals surface area contributed by atoms with Crippen LogP contribution < -0.4 is 5.43 Å². The summed E-state index contributed by atoms with van der Waals surface area (Å²) in [6, 6.07) is 15.8. The lowest BCUT2D eigenvalue weighted by atomic mass is 10.2. The summed E-state index contributed by atoms with van der Waals surface area (Å²) in [6.07, 6.45) is 1.49. The highest BCUT2D eigenvalue weighted by atomic mass is 35.5. The molecule has 0 saturated carbocycles. The van der Waals surface area contributed by atoms with Gasteiger partial charge in [-0.2, -0.15) is 5.10 Å². The Morgan fingerprint density at radius 1 is 1.08 bits per heavy atom. The van der Waals surface area contributed by atoms with E-state index in [0.29, 0.717) is 10.6 Å². The van der Waals surface area contributed by atoms with Crippen LogP contribution in [-0.2, 0) is 0 Å². The molecule has 3 rings (SSSR count). The van der Waals surface area contributed by atoms with Crippen LogP contribution in [0.15, 0.2) is 59.7 Å². The molecule has 2 aromatic carbocycles. The molecule has 0 fully saturated rings. The van der Waals surface area contributed by atoms with Crippen molar-refractivity contribution in [3.63, 3.8) is 0 Å². The van der Waals surface area contributed by atoms with Gasteiger partial charge in [0.15, 0.2) is 0 Å². The number of hydrazone groups is 1. The zero-order valence-corrected chi connectivity index (χ0v) is 15.2. The summed E-state index contributed by atoms with van der Waals surface area (Å²) in [7, 11) is 0. The number of carbonyl (C=O) groups is 1. The number of nitrogens with one attached hydrogen (secondary N) is 1. The maximum atomic E-state index is 12.3. The smallest absolute Gasteiger partial charge is 0.272 e. The lowest BCUT2D eigenvalue weighted by Gasteiger charge is -2.11. The van der Waals surface area contributed by atoms with Crippen LogP contribution in [-0.4, -0.2) is 21.8 Å². The van der Waals surface area contributed by atoms with Crippen LogP contribution in [0.4, 0.5) is 0 Å². The summed E-state index contributed by atoms with van der Waals surface area (Å²) in [6.45, 7) is 4.03. The fourth-order valence-corrected chi connectivity index (χ4v) is 2.95. The van der Waals surface area contributed by atoms with Crippen LogP contribution in [0.1, 0.15) is 27.3 Å². The summed E-state index contributed by atoms with van der Waals surface area (Å²) in [4.78, 5) is 12.3. The van der Waals surface area contributed by atoms with Gasteiger partial charge in [-0.05, 0) is 74.0 Å². The molecule has 0 aliphatic carbocycles. The molecule has 5 nitrogen and oxygen atoms in total. The van der Waals surface area contributed by atoms with Crippen molar-refractivity contribution >= 4 is 23.7 Å². The summed E-state index contributed by atoms with van der Waals surface area (Å²) >= 11 is 6.31. The Kier molecular flexibility index (Phi) is 5.09. The van der Waals surface area contributed by atoms with Gasteiger partial charge >= 0.3 is 0 Å². The molecule has 3 aromatic rings. The summed E-state index contributed by atoms with van der Waals surface area (Å²) < 4.78 is 2.07. The van der Waals surface area contributed by atoms with E-state index in [1.807, 2.05) is 32.0 Å². The van der Waals surface area contributed by atoms with Crippen molar-refractivity contribution < 1.29 is 9.90 Å². The highest BCUT2D eigenvalue weighted by Gasteiger charge is 2.12. The zero-order valence-electron chi connectivity index (χ0n) is 14.4. The molecule has 2 N–H and O–H groups in total. The molecule has 26 heavy (non-hydrogen) atoms. The number of carbonyl (C=O) groups excluding carboxylic acids is 1.